The molecule has 0 saturated carbocycles. The van der Waals surface area contributed by atoms with Crippen molar-refractivity contribution in [2.45, 2.75) is 27.7 Å². The number of hydrogen-bond donors (Lipinski definition) is 0. The van der Waals surface area contributed by atoms with Crippen molar-refractivity contribution in [2.75, 3.05) is 0 Å². The molecule has 0 aliphatic heterocycles. The van der Waals surface area contributed by atoms with Crippen molar-refractivity contribution >= 4 is 11.1 Å². The van der Waals surface area contributed by atoms with Crippen molar-refractivity contribution in [3.8, 4) is 24.3 Å². The average Bonchev–Trinajstić information content (AvgIpc) is 2.46. The van der Waals surface area contributed by atoms with E-state index in [1.54, 1.807) is 27.7 Å². The highest BCUT2D eigenvalue weighted by Gasteiger charge is 2.12. The molecular formula is C16H12N4. The van der Waals surface area contributed by atoms with Crippen LogP contribution in [0.1, 0.15) is 22.3 Å². The summed E-state index contributed by atoms with van der Waals surface area (Å²) in [5, 5.41) is 37.4. The van der Waals surface area contributed by atoms with Crippen LogP contribution < -0.4 is 10.4 Å². The molecule has 0 atom stereocenters. The molecule has 0 N–H and O–H groups in total. The molecule has 1 aromatic carbocycles. The van der Waals surface area contributed by atoms with Crippen LogP contribution in [0.25, 0.3) is 11.1 Å². The lowest BCUT2D eigenvalue weighted by atomic mass is 9.91. The molecule has 4 heteroatoms. The Morgan fingerprint density at radius 2 is 0.750 bits per heavy atom. The molecular weight excluding hydrogens is 248 g/mol. The van der Waals surface area contributed by atoms with Gasteiger partial charge in [0.25, 0.3) is 0 Å². The fraction of sp³-hybridized carbons (Fsp3) is 0.250. The van der Waals surface area contributed by atoms with E-state index in [0.29, 0.717) is 10.4 Å². The van der Waals surface area contributed by atoms with Crippen LogP contribution in [0.2, 0.25) is 0 Å². The predicted octanol–water partition coefficient (Wildman–Crippen LogP) is 1.32. The second-order valence-electron chi connectivity index (χ2n) is 4.45. The molecule has 1 rings (SSSR count). The zero-order valence-electron chi connectivity index (χ0n) is 11.8. The Kier molecular flexibility index (Phi) is 4.27. The van der Waals surface area contributed by atoms with Crippen molar-refractivity contribution in [3.05, 3.63) is 32.7 Å². The van der Waals surface area contributed by atoms with Gasteiger partial charge in [-0.25, -0.2) is 0 Å². The SMILES string of the molecule is Cc1c(C)c(=C(C#N)C#N)c(C)c(C)c1=C(C#N)C#N. The van der Waals surface area contributed by atoms with Gasteiger partial charge in [-0.1, -0.05) is 0 Å². The molecule has 20 heavy (non-hydrogen) atoms. The second-order valence-corrected chi connectivity index (χ2v) is 4.45. The van der Waals surface area contributed by atoms with Gasteiger partial charge in [0.15, 0.2) is 0 Å². The van der Waals surface area contributed by atoms with E-state index >= 15 is 0 Å². The first-order valence-electron chi connectivity index (χ1n) is 5.89. The summed E-state index contributed by atoms with van der Waals surface area (Å²) < 4.78 is 0. The van der Waals surface area contributed by atoms with Crippen LogP contribution >= 0.6 is 0 Å². The quantitative estimate of drug-likeness (QED) is 0.702. The van der Waals surface area contributed by atoms with Gasteiger partial charge in [-0.3, -0.25) is 0 Å². The third-order valence-electron chi connectivity index (χ3n) is 3.57. The maximum absolute atomic E-state index is 9.06. The van der Waals surface area contributed by atoms with Crippen LogP contribution in [-0.4, -0.2) is 0 Å². The molecule has 4 nitrogen and oxygen atoms in total. The topological polar surface area (TPSA) is 95.2 Å². The predicted molar refractivity (Wildman–Crippen MR) is 73.9 cm³/mol. The van der Waals surface area contributed by atoms with Crippen molar-refractivity contribution in [2.24, 2.45) is 0 Å². The fourth-order valence-electron chi connectivity index (χ4n) is 2.34. The van der Waals surface area contributed by atoms with E-state index in [4.69, 9.17) is 21.0 Å². The standard InChI is InChI=1S/C16H12N4/c1-9-10(2)16(14(7-19)8-20)12(4)11(3)15(9)13(5-17)6-18/h1-4H3. The largest absolute Gasteiger partial charge is 0.192 e. The molecule has 0 aliphatic carbocycles. The van der Waals surface area contributed by atoms with Crippen LogP contribution in [-0.2, 0) is 0 Å². The molecule has 0 fully saturated rings. The van der Waals surface area contributed by atoms with Crippen molar-refractivity contribution in [1.82, 2.24) is 0 Å². The van der Waals surface area contributed by atoms with Crippen LogP contribution in [0.4, 0.5) is 0 Å². The third-order valence-corrected chi connectivity index (χ3v) is 3.57. The van der Waals surface area contributed by atoms with Crippen LogP contribution in [0, 0.1) is 73.0 Å². The summed E-state index contributed by atoms with van der Waals surface area (Å²) in [5.74, 6) is 0. The molecule has 96 valence electrons. The van der Waals surface area contributed by atoms with Crippen LogP contribution in [0.3, 0.4) is 0 Å². The summed E-state index contributed by atoms with van der Waals surface area (Å²) in [6.45, 7) is 7.17. The first-order chi connectivity index (χ1) is 9.44. The first-order valence-corrected chi connectivity index (χ1v) is 5.89. The van der Waals surface area contributed by atoms with Gasteiger partial charge in [-0.15, -0.1) is 0 Å². The van der Waals surface area contributed by atoms with E-state index in [1.807, 2.05) is 24.3 Å². The molecule has 0 unspecified atom stereocenters. The Morgan fingerprint density at radius 1 is 0.550 bits per heavy atom. The van der Waals surface area contributed by atoms with E-state index in [1.165, 1.54) is 0 Å². The molecule has 0 saturated heterocycles. The average molecular weight is 260 g/mol. The van der Waals surface area contributed by atoms with Crippen molar-refractivity contribution in [1.29, 1.82) is 21.0 Å². The van der Waals surface area contributed by atoms with Gasteiger partial charge < -0.3 is 0 Å². The minimum atomic E-state index is 0.0493. The van der Waals surface area contributed by atoms with Gasteiger partial charge in [0.1, 0.15) is 35.4 Å². The van der Waals surface area contributed by atoms with Crippen molar-refractivity contribution < 1.29 is 0 Å². The number of benzene rings is 1. The highest BCUT2D eigenvalue weighted by atomic mass is 14.3. The minimum Gasteiger partial charge on any atom is -0.192 e. The minimum absolute atomic E-state index is 0.0493. The van der Waals surface area contributed by atoms with E-state index in [9.17, 15) is 0 Å². The van der Waals surface area contributed by atoms with E-state index < -0.39 is 0 Å². The van der Waals surface area contributed by atoms with Gasteiger partial charge >= 0.3 is 0 Å². The van der Waals surface area contributed by atoms with Gasteiger partial charge in [-0.05, 0) is 49.9 Å². The highest BCUT2D eigenvalue weighted by Crippen LogP contribution is 2.07. The number of nitrogens with zero attached hydrogens (tertiary/aromatic N) is 4. The zero-order chi connectivity index (χ0) is 15.4. The van der Waals surface area contributed by atoms with Gasteiger partial charge in [0.2, 0.25) is 0 Å². The maximum atomic E-state index is 9.06. The Bertz CT molecular complexity index is 733. The number of rotatable bonds is 0. The van der Waals surface area contributed by atoms with Crippen LogP contribution in [0.15, 0.2) is 0 Å². The first kappa shape index (κ1) is 15.0. The lowest BCUT2D eigenvalue weighted by Crippen LogP contribution is -2.27. The van der Waals surface area contributed by atoms with E-state index in [-0.39, 0.29) is 11.1 Å². The second kappa shape index (κ2) is 5.71. The van der Waals surface area contributed by atoms with Crippen molar-refractivity contribution in [3.63, 3.8) is 0 Å². The Balaban J connectivity index is 4.35. The summed E-state index contributed by atoms with van der Waals surface area (Å²) in [6.07, 6.45) is 0. The van der Waals surface area contributed by atoms with E-state index in [0.717, 1.165) is 22.3 Å². The van der Waals surface area contributed by atoms with Gasteiger partial charge in [0.05, 0.1) is 0 Å². The fourth-order valence-corrected chi connectivity index (χ4v) is 2.34. The Hall–Kier alpha value is -3.08. The third kappa shape index (κ3) is 2.12. The molecule has 0 amide bonds. The molecule has 1 aromatic rings. The highest BCUT2D eigenvalue weighted by molar-refractivity contribution is 5.77. The van der Waals surface area contributed by atoms with Gasteiger partial charge in [-0.2, -0.15) is 21.0 Å². The lowest BCUT2D eigenvalue weighted by molar-refractivity contribution is 1.16. The lowest BCUT2D eigenvalue weighted by Gasteiger charge is -2.11. The summed E-state index contributed by atoms with van der Waals surface area (Å²) in [4.78, 5) is 0. The summed E-state index contributed by atoms with van der Waals surface area (Å²) in [7, 11) is 0. The number of hydrogen-bond acceptors (Lipinski definition) is 4. The smallest absolute Gasteiger partial charge is 0.137 e. The molecule has 0 aromatic heterocycles. The van der Waals surface area contributed by atoms with E-state index in [2.05, 4.69) is 0 Å². The summed E-state index contributed by atoms with van der Waals surface area (Å²) in [6, 6.07) is 7.60. The summed E-state index contributed by atoms with van der Waals surface area (Å²) >= 11 is 0. The zero-order valence-corrected chi connectivity index (χ0v) is 11.8. The molecule has 0 radical (unpaired) electrons. The molecule has 0 heterocycles. The molecule has 0 bridgehead atoms. The van der Waals surface area contributed by atoms with Crippen LogP contribution in [0.5, 0.6) is 0 Å². The Labute approximate surface area is 117 Å². The number of nitriles is 4. The maximum Gasteiger partial charge on any atom is 0.137 e. The normalized spacial score (nSPS) is 8.80. The van der Waals surface area contributed by atoms with Gasteiger partial charge in [0, 0.05) is 10.4 Å². The monoisotopic (exact) mass is 260 g/mol. The Morgan fingerprint density at radius 3 is 0.900 bits per heavy atom. The summed E-state index contributed by atoms with van der Waals surface area (Å²) in [5.41, 5.74) is 3.11. The molecule has 0 aliphatic rings. The molecule has 0 spiro atoms.